The van der Waals surface area contributed by atoms with Crippen LogP contribution < -0.4 is 0 Å². The molecule has 0 heterocycles. The Hall–Kier alpha value is 0.340. The first-order valence-electron chi connectivity index (χ1n) is 3.61. The summed E-state index contributed by atoms with van der Waals surface area (Å²) in [5.41, 5.74) is 0. The van der Waals surface area contributed by atoms with E-state index in [0.717, 1.165) is 6.42 Å². The van der Waals surface area contributed by atoms with Crippen molar-refractivity contribution in [2.45, 2.75) is 19.8 Å². The molecule has 0 aromatic rings. The lowest BCUT2D eigenvalue weighted by Gasteiger charge is -2.12. The van der Waals surface area contributed by atoms with Gasteiger partial charge in [-0.1, -0.05) is 13.3 Å². The summed E-state index contributed by atoms with van der Waals surface area (Å²) in [6, 6.07) is 0. The minimum absolute atomic E-state index is 0.191. The Bertz CT molecular complexity index is 192. The fourth-order valence-electron chi connectivity index (χ4n) is 0.645. The fourth-order valence-corrected chi connectivity index (χ4v) is 3.15. The van der Waals surface area contributed by atoms with Crippen LogP contribution in [0.4, 0.5) is 0 Å². The normalized spacial score (nSPS) is 18.6. The topological polar surface area (TPSA) is 72.8 Å². The third kappa shape index (κ3) is 5.07. The molecule has 0 radical (unpaired) electrons. The molecule has 0 aliphatic heterocycles. The van der Waals surface area contributed by atoms with Crippen LogP contribution in [0.25, 0.3) is 0 Å². The molecule has 0 rings (SSSR count). The molecule has 2 atom stereocenters. The Morgan fingerprint density at radius 2 is 2.17 bits per heavy atom. The van der Waals surface area contributed by atoms with Crippen molar-refractivity contribution >= 4 is 15.9 Å². The maximum absolute atomic E-state index is 11.4. The summed E-state index contributed by atoms with van der Waals surface area (Å²) >= 11 is 0. The summed E-state index contributed by atoms with van der Waals surface area (Å²) in [6.45, 7) is 1.92. The second-order valence-corrected chi connectivity index (χ2v) is 5.52. The average Bonchev–Trinajstić information content (AvgIpc) is 2.00. The SMILES string of the molecule is CCCCP(=O)(OC)O[PH](=O)O. The van der Waals surface area contributed by atoms with Gasteiger partial charge in [0.05, 0.1) is 6.16 Å². The number of rotatable bonds is 6. The Morgan fingerprint density at radius 3 is 2.50 bits per heavy atom. The van der Waals surface area contributed by atoms with Gasteiger partial charge < -0.3 is 9.42 Å². The Balaban J connectivity index is 4.05. The van der Waals surface area contributed by atoms with Crippen LogP contribution in [-0.4, -0.2) is 18.2 Å². The van der Waals surface area contributed by atoms with E-state index in [1.165, 1.54) is 7.11 Å². The molecule has 2 unspecified atom stereocenters. The Morgan fingerprint density at radius 1 is 1.58 bits per heavy atom. The molecule has 0 aliphatic carbocycles. The third-order valence-electron chi connectivity index (χ3n) is 1.28. The molecule has 1 N–H and O–H groups in total. The standard InChI is InChI=1S/C5H14O5P2/c1-3-4-5-12(8,9-2)10-11(6)7/h11H,3-5H2,1-2H3,(H,6,7). The highest BCUT2D eigenvalue weighted by Crippen LogP contribution is 2.54. The van der Waals surface area contributed by atoms with Gasteiger partial charge in [0.1, 0.15) is 0 Å². The lowest BCUT2D eigenvalue weighted by molar-refractivity contribution is 0.307. The second-order valence-electron chi connectivity index (χ2n) is 2.23. The molecule has 0 aromatic heterocycles. The van der Waals surface area contributed by atoms with Crippen LogP contribution in [-0.2, 0) is 18.0 Å². The predicted molar refractivity (Wildman–Crippen MR) is 46.7 cm³/mol. The monoisotopic (exact) mass is 216 g/mol. The minimum atomic E-state index is -3.29. The molecule has 74 valence electrons. The van der Waals surface area contributed by atoms with E-state index in [-0.39, 0.29) is 6.16 Å². The van der Waals surface area contributed by atoms with Crippen LogP contribution in [0.15, 0.2) is 0 Å². The maximum atomic E-state index is 11.4. The van der Waals surface area contributed by atoms with Crippen molar-refractivity contribution < 1.29 is 22.9 Å². The van der Waals surface area contributed by atoms with Gasteiger partial charge in [-0.15, -0.1) is 0 Å². The summed E-state index contributed by atoms with van der Waals surface area (Å²) in [7, 11) is -5.25. The maximum Gasteiger partial charge on any atom is 0.337 e. The summed E-state index contributed by atoms with van der Waals surface area (Å²) in [5, 5.41) is 0. The van der Waals surface area contributed by atoms with Crippen molar-refractivity contribution in [1.82, 2.24) is 0 Å². The Labute approximate surface area is 72.6 Å². The number of hydrogen-bond acceptors (Lipinski definition) is 4. The number of unbranched alkanes of at least 4 members (excludes halogenated alkanes) is 1. The van der Waals surface area contributed by atoms with E-state index in [2.05, 4.69) is 8.83 Å². The molecule has 0 amide bonds. The summed E-state index contributed by atoms with van der Waals surface area (Å²) in [6.07, 6.45) is 1.68. The van der Waals surface area contributed by atoms with E-state index in [0.29, 0.717) is 6.42 Å². The van der Waals surface area contributed by atoms with E-state index in [1.807, 2.05) is 6.92 Å². The molecule has 0 saturated heterocycles. The average molecular weight is 216 g/mol. The molecule has 0 bridgehead atoms. The lowest BCUT2D eigenvalue weighted by Crippen LogP contribution is -1.92. The van der Waals surface area contributed by atoms with Gasteiger partial charge in [0.15, 0.2) is 0 Å². The van der Waals surface area contributed by atoms with Crippen LogP contribution in [0.3, 0.4) is 0 Å². The third-order valence-corrected chi connectivity index (χ3v) is 4.44. The molecule has 7 heteroatoms. The van der Waals surface area contributed by atoms with Crippen molar-refractivity contribution in [1.29, 1.82) is 0 Å². The molecular weight excluding hydrogens is 202 g/mol. The molecule has 5 nitrogen and oxygen atoms in total. The minimum Gasteiger partial charge on any atom is -0.326 e. The fraction of sp³-hybridized carbons (Fsp3) is 1.00. The second kappa shape index (κ2) is 5.90. The van der Waals surface area contributed by atoms with Gasteiger partial charge in [-0.25, -0.2) is 4.31 Å². The van der Waals surface area contributed by atoms with Crippen LogP contribution in [0, 0.1) is 0 Å². The van der Waals surface area contributed by atoms with E-state index in [9.17, 15) is 9.13 Å². The van der Waals surface area contributed by atoms with Crippen molar-refractivity contribution in [3.8, 4) is 0 Å². The van der Waals surface area contributed by atoms with E-state index in [4.69, 9.17) is 4.89 Å². The zero-order chi connectivity index (χ0) is 9.61. The highest BCUT2D eigenvalue weighted by Gasteiger charge is 2.24. The summed E-state index contributed by atoms with van der Waals surface area (Å²) < 4.78 is 30.5. The van der Waals surface area contributed by atoms with Crippen molar-refractivity contribution in [2.24, 2.45) is 0 Å². The van der Waals surface area contributed by atoms with Crippen LogP contribution in [0.2, 0.25) is 0 Å². The first kappa shape index (κ1) is 12.3. The zero-order valence-electron chi connectivity index (χ0n) is 7.15. The molecule has 12 heavy (non-hydrogen) atoms. The van der Waals surface area contributed by atoms with Gasteiger partial charge in [-0.2, -0.15) is 0 Å². The highest BCUT2D eigenvalue weighted by molar-refractivity contribution is 7.60. The van der Waals surface area contributed by atoms with Gasteiger partial charge in [0.2, 0.25) is 0 Å². The van der Waals surface area contributed by atoms with Gasteiger partial charge in [-0.05, 0) is 6.42 Å². The first-order chi connectivity index (χ1) is 5.54. The smallest absolute Gasteiger partial charge is 0.326 e. The molecule has 0 aliphatic rings. The summed E-state index contributed by atoms with van der Waals surface area (Å²) in [4.78, 5) is 8.39. The Kier molecular flexibility index (Phi) is 6.06. The molecular formula is C5H14O5P2. The van der Waals surface area contributed by atoms with Gasteiger partial charge in [0.25, 0.3) is 0 Å². The first-order valence-corrected chi connectivity index (χ1v) is 6.60. The van der Waals surface area contributed by atoms with E-state index in [1.54, 1.807) is 0 Å². The van der Waals surface area contributed by atoms with Gasteiger partial charge >= 0.3 is 15.9 Å². The summed E-state index contributed by atoms with van der Waals surface area (Å²) in [5.74, 6) is 0. The van der Waals surface area contributed by atoms with Gasteiger partial charge in [-0.3, -0.25) is 9.13 Å². The molecule has 0 saturated carbocycles. The number of hydrogen-bond donors (Lipinski definition) is 1. The van der Waals surface area contributed by atoms with Crippen molar-refractivity contribution in [3.05, 3.63) is 0 Å². The molecule has 0 aromatic carbocycles. The van der Waals surface area contributed by atoms with E-state index >= 15 is 0 Å². The zero-order valence-corrected chi connectivity index (χ0v) is 9.04. The molecule has 0 spiro atoms. The molecule has 0 fully saturated rings. The van der Waals surface area contributed by atoms with Crippen LogP contribution >= 0.6 is 15.9 Å². The van der Waals surface area contributed by atoms with Crippen molar-refractivity contribution in [2.75, 3.05) is 13.3 Å². The predicted octanol–water partition coefficient (Wildman–Crippen LogP) is 2.02. The van der Waals surface area contributed by atoms with Gasteiger partial charge in [0, 0.05) is 7.11 Å². The van der Waals surface area contributed by atoms with Crippen LogP contribution in [0.1, 0.15) is 19.8 Å². The lowest BCUT2D eigenvalue weighted by atomic mass is 10.4. The van der Waals surface area contributed by atoms with Crippen LogP contribution in [0.5, 0.6) is 0 Å². The van der Waals surface area contributed by atoms with E-state index < -0.39 is 15.9 Å². The quantitative estimate of drug-likeness (QED) is 0.687. The van der Waals surface area contributed by atoms with Crippen molar-refractivity contribution in [3.63, 3.8) is 0 Å². The largest absolute Gasteiger partial charge is 0.337 e. The highest BCUT2D eigenvalue weighted by atomic mass is 31.2.